The Morgan fingerprint density at radius 2 is 1.94 bits per heavy atom. The minimum atomic E-state index is -1.63. The molecule has 94 valence electrons. The second-order valence-corrected chi connectivity index (χ2v) is 3.94. The lowest BCUT2D eigenvalue weighted by Crippen LogP contribution is -2.33. The first kappa shape index (κ1) is 13.5. The number of hydrogen-bond acceptors (Lipinski definition) is 4. The third-order valence-electron chi connectivity index (χ3n) is 2.47. The predicted molar refractivity (Wildman–Crippen MR) is 63.8 cm³/mol. The Morgan fingerprint density at radius 3 is 2.41 bits per heavy atom. The van der Waals surface area contributed by atoms with Gasteiger partial charge in [0.05, 0.1) is 13.7 Å². The van der Waals surface area contributed by atoms with Crippen molar-refractivity contribution in [1.82, 2.24) is 0 Å². The fraction of sp³-hybridized carbons (Fsp3) is 0.462. The van der Waals surface area contributed by atoms with Crippen LogP contribution in [-0.2, 0) is 15.1 Å². The van der Waals surface area contributed by atoms with E-state index >= 15 is 0 Å². The molecule has 1 aromatic rings. The SMILES string of the molecule is CCCOc1ccc(C(C)(O)C(=O)OC)cc1. The Labute approximate surface area is 101 Å². The quantitative estimate of drug-likeness (QED) is 0.795. The lowest BCUT2D eigenvalue weighted by atomic mass is 9.96. The van der Waals surface area contributed by atoms with Crippen molar-refractivity contribution in [2.45, 2.75) is 25.9 Å². The van der Waals surface area contributed by atoms with Crippen LogP contribution >= 0.6 is 0 Å². The Kier molecular flexibility index (Phi) is 4.52. The number of rotatable bonds is 5. The van der Waals surface area contributed by atoms with Gasteiger partial charge in [-0.3, -0.25) is 0 Å². The van der Waals surface area contributed by atoms with Gasteiger partial charge in [-0.1, -0.05) is 19.1 Å². The summed E-state index contributed by atoms with van der Waals surface area (Å²) in [7, 11) is 1.25. The summed E-state index contributed by atoms with van der Waals surface area (Å²) in [5.74, 6) is 0.0380. The molecule has 0 heterocycles. The first-order valence-electron chi connectivity index (χ1n) is 5.56. The van der Waals surface area contributed by atoms with E-state index in [0.29, 0.717) is 12.2 Å². The Balaban J connectivity index is 2.83. The molecule has 17 heavy (non-hydrogen) atoms. The number of carbonyl (C=O) groups is 1. The molecule has 0 radical (unpaired) electrons. The zero-order chi connectivity index (χ0) is 12.9. The standard InChI is InChI=1S/C13H18O4/c1-4-9-17-11-7-5-10(6-8-11)13(2,15)12(14)16-3/h5-8,15H,4,9H2,1-3H3. The first-order chi connectivity index (χ1) is 8.02. The van der Waals surface area contributed by atoms with E-state index < -0.39 is 11.6 Å². The smallest absolute Gasteiger partial charge is 0.342 e. The summed E-state index contributed by atoms with van der Waals surface area (Å²) in [4.78, 5) is 11.4. The van der Waals surface area contributed by atoms with Crippen molar-refractivity contribution in [2.24, 2.45) is 0 Å². The Morgan fingerprint density at radius 1 is 1.35 bits per heavy atom. The topological polar surface area (TPSA) is 55.8 Å². The minimum absolute atomic E-state index is 0.480. The summed E-state index contributed by atoms with van der Waals surface area (Å²) >= 11 is 0. The maximum atomic E-state index is 11.4. The molecule has 0 spiro atoms. The third kappa shape index (κ3) is 3.20. The number of hydrogen-bond donors (Lipinski definition) is 1. The summed E-state index contributed by atoms with van der Waals surface area (Å²) in [6, 6.07) is 6.76. The van der Waals surface area contributed by atoms with Crippen LogP contribution in [0.3, 0.4) is 0 Å². The van der Waals surface area contributed by atoms with Crippen molar-refractivity contribution in [3.8, 4) is 5.75 Å². The molecular weight excluding hydrogens is 220 g/mol. The number of esters is 1. The average molecular weight is 238 g/mol. The lowest BCUT2D eigenvalue weighted by Gasteiger charge is -2.20. The van der Waals surface area contributed by atoms with E-state index in [1.807, 2.05) is 6.92 Å². The van der Waals surface area contributed by atoms with Crippen molar-refractivity contribution in [3.05, 3.63) is 29.8 Å². The van der Waals surface area contributed by atoms with Gasteiger partial charge in [0.15, 0.2) is 5.60 Å². The molecule has 0 aliphatic carbocycles. The van der Waals surface area contributed by atoms with E-state index in [9.17, 15) is 9.90 Å². The molecule has 0 amide bonds. The van der Waals surface area contributed by atoms with Crippen molar-refractivity contribution < 1.29 is 19.4 Å². The highest BCUT2D eigenvalue weighted by molar-refractivity contribution is 5.80. The Hall–Kier alpha value is -1.55. The largest absolute Gasteiger partial charge is 0.494 e. The van der Waals surface area contributed by atoms with Crippen LogP contribution in [0.1, 0.15) is 25.8 Å². The zero-order valence-electron chi connectivity index (χ0n) is 10.4. The van der Waals surface area contributed by atoms with Crippen LogP contribution in [-0.4, -0.2) is 24.8 Å². The van der Waals surface area contributed by atoms with E-state index in [0.717, 1.165) is 12.2 Å². The average Bonchev–Trinajstić information content (AvgIpc) is 2.35. The molecule has 1 unspecified atom stereocenters. The van der Waals surface area contributed by atoms with Crippen LogP contribution in [0.25, 0.3) is 0 Å². The molecule has 4 nitrogen and oxygen atoms in total. The normalized spacial score (nSPS) is 13.9. The van der Waals surface area contributed by atoms with E-state index in [1.165, 1.54) is 14.0 Å². The molecule has 1 rings (SSSR count). The highest BCUT2D eigenvalue weighted by Gasteiger charge is 2.33. The number of ether oxygens (including phenoxy) is 2. The molecular formula is C13H18O4. The maximum Gasteiger partial charge on any atom is 0.342 e. The van der Waals surface area contributed by atoms with Crippen LogP contribution in [0.4, 0.5) is 0 Å². The summed E-state index contributed by atoms with van der Waals surface area (Å²) in [6.07, 6.45) is 0.932. The minimum Gasteiger partial charge on any atom is -0.494 e. The predicted octanol–water partition coefficient (Wildman–Crippen LogP) is 1.86. The van der Waals surface area contributed by atoms with Crippen LogP contribution in [0, 0.1) is 0 Å². The number of aliphatic hydroxyl groups is 1. The van der Waals surface area contributed by atoms with Gasteiger partial charge in [0, 0.05) is 0 Å². The van der Waals surface area contributed by atoms with E-state index in [1.54, 1.807) is 24.3 Å². The van der Waals surface area contributed by atoms with Gasteiger partial charge in [-0.05, 0) is 31.0 Å². The van der Waals surface area contributed by atoms with Crippen molar-refractivity contribution in [2.75, 3.05) is 13.7 Å². The fourth-order valence-electron chi connectivity index (χ4n) is 1.41. The second-order valence-electron chi connectivity index (χ2n) is 3.94. The highest BCUT2D eigenvalue weighted by atomic mass is 16.5. The van der Waals surface area contributed by atoms with Crippen molar-refractivity contribution in [3.63, 3.8) is 0 Å². The number of carbonyl (C=O) groups excluding carboxylic acids is 1. The molecule has 0 aliphatic heterocycles. The van der Waals surface area contributed by atoms with Gasteiger partial charge in [-0.15, -0.1) is 0 Å². The van der Waals surface area contributed by atoms with Gasteiger partial charge in [-0.25, -0.2) is 4.79 Å². The molecule has 0 bridgehead atoms. The molecule has 0 aromatic heterocycles. The summed E-state index contributed by atoms with van der Waals surface area (Å²) in [5.41, 5.74) is -1.15. The molecule has 0 aliphatic rings. The lowest BCUT2D eigenvalue weighted by molar-refractivity contribution is -0.161. The molecule has 0 saturated heterocycles. The maximum absolute atomic E-state index is 11.4. The molecule has 1 N–H and O–H groups in total. The number of methoxy groups -OCH3 is 1. The molecule has 1 aromatic carbocycles. The molecule has 0 fully saturated rings. The van der Waals surface area contributed by atoms with Gasteiger partial charge in [0.1, 0.15) is 5.75 Å². The summed E-state index contributed by atoms with van der Waals surface area (Å²) in [6.45, 7) is 4.07. The summed E-state index contributed by atoms with van der Waals surface area (Å²) in [5, 5.41) is 10.0. The number of benzene rings is 1. The van der Waals surface area contributed by atoms with Gasteiger partial charge in [-0.2, -0.15) is 0 Å². The van der Waals surface area contributed by atoms with Gasteiger partial charge in [0.25, 0.3) is 0 Å². The van der Waals surface area contributed by atoms with E-state index in [4.69, 9.17) is 4.74 Å². The molecule has 4 heteroatoms. The third-order valence-corrected chi connectivity index (χ3v) is 2.47. The Bertz CT molecular complexity index is 368. The fourth-order valence-corrected chi connectivity index (χ4v) is 1.41. The van der Waals surface area contributed by atoms with E-state index in [2.05, 4.69) is 4.74 Å². The van der Waals surface area contributed by atoms with Crippen LogP contribution in [0.2, 0.25) is 0 Å². The van der Waals surface area contributed by atoms with Crippen LogP contribution in [0.5, 0.6) is 5.75 Å². The van der Waals surface area contributed by atoms with Gasteiger partial charge >= 0.3 is 5.97 Å². The van der Waals surface area contributed by atoms with Crippen molar-refractivity contribution >= 4 is 5.97 Å². The van der Waals surface area contributed by atoms with Crippen molar-refractivity contribution in [1.29, 1.82) is 0 Å². The molecule has 1 atom stereocenters. The van der Waals surface area contributed by atoms with E-state index in [-0.39, 0.29) is 0 Å². The second kappa shape index (κ2) is 5.68. The van der Waals surface area contributed by atoms with Gasteiger partial charge in [0.2, 0.25) is 0 Å². The highest BCUT2D eigenvalue weighted by Crippen LogP contribution is 2.24. The summed E-state index contributed by atoms with van der Waals surface area (Å²) < 4.78 is 9.96. The van der Waals surface area contributed by atoms with Crippen LogP contribution in [0.15, 0.2) is 24.3 Å². The zero-order valence-corrected chi connectivity index (χ0v) is 10.4. The monoisotopic (exact) mass is 238 g/mol. The van der Waals surface area contributed by atoms with Crippen LogP contribution < -0.4 is 4.74 Å². The van der Waals surface area contributed by atoms with Gasteiger partial charge < -0.3 is 14.6 Å². The first-order valence-corrected chi connectivity index (χ1v) is 5.56. The molecule has 0 saturated carbocycles.